The van der Waals surface area contributed by atoms with Crippen molar-refractivity contribution in [1.29, 1.82) is 0 Å². The van der Waals surface area contributed by atoms with Gasteiger partial charge in [-0.3, -0.25) is 4.79 Å². The molecule has 3 N–H and O–H groups in total. The van der Waals surface area contributed by atoms with Crippen LogP contribution >= 0.6 is 0 Å². The highest BCUT2D eigenvalue weighted by atomic mass is 19.1. The number of aryl methyl sites for hydroxylation is 1. The first-order valence-corrected chi connectivity index (χ1v) is 6.50. The van der Waals surface area contributed by atoms with E-state index in [9.17, 15) is 14.3 Å². The molecular weight excluding hydrogens is 247 g/mol. The van der Waals surface area contributed by atoms with Crippen molar-refractivity contribution in [3.8, 4) is 0 Å². The first kappa shape index (κ1) is 14.0. The van der Waals surface area contributed by atoms with Gasteiger partial charge >= 0.3 is 0 Å². The van der Waals surface area contributed by atoms with Crippen molar-refractivity contribution in [1.82, 2.24) is 10.6 Å². The maximum atomic E-state index is 12.9. The Morgan fingerprint density at radius 3 is 3.00 bits per heavy atom. The number of halogens is 1. The molecule has 1 aromatic rings. The largest absolute Gasteiger partial charge is 0.392 e. The van der Waals surface area contributed by atoms with Crippen LogP contribution in [-0.2, 0) is 11.2 Å². The van der Waals surface area contributed by atoms with Gasteiger partial charge in [0.05, 0.1) is 12.1 Å². The first-order valence-electron chi connectivity index (χ1n) is 6.50. The van der Waals surface area contributed by atoms with E-state index in [4.69, 9.17) is 0 Å². The summed E-state index contributed by atoms with van der Waals surface area (Å²) in [6.07, 6.45) is 0.698. The number of carbonyl (C=O) groups is 1. The molecule has 0 spiro atoms. The van der Waals surface area contributed by atoms with Gasteiger partial charge in [-0.2, -0.15) is 0 Å². The summed E-state index contributed by atoms with van der Waals surface area (Å²) < 4.78 is 12.9. The zero-order valence-corrected chi connectivity index (χ0v) is 10.9. The van der Waals surface area contributed by atoms with Crippen LogP contribution in [0.15, 0.2) is 18.2 Å². The zero-order valence-electron chi connectivity index (χ0n) is 10.9. The topological polar surface area (TPSA) is 61.4 Å². The molecule has 1 heterocycles. The molecule has 1 amide bonds. The van der Waals surface area contributed by atoms with Crippen molar-refractivity contribution in [3.63, 3.8) is 0 Å². The molecule has 1 aliphatic rings. The molecule has 5 heteroatoms. The monoisotopic (exact) mass is 266 g/mol. The van der Waals surface area contributed by atoms with E-state index in [1.54, 1.807) is 6.07 Å². The molecule has 0 unspecified atom stereocenters. The Bertz CT molecular complexity index is 465. The lowest BCUT2D eigenvalue weighted by Gasteiger charge is -2.11. The van der Waals surface area contributed by atoms with E-state index < -0.39 is 6.10 Å². The predicted octanol–water partition coefficient (Wildman–Crippen LogP) is 0.516. The van der Waals surface area contributed by atoms with E-state index in [0.29, 0.717) is 25.9 Å². The Labute approximate surface area is 112 Å². The zero-order chi connectivity index (χ0) is 13.8. The molecule has 0 radical (unpaired) electrons. The SMILES string of the molecule is Cc1cc(F)ccc1CCNC(=O)[C@H]1C[C@@H](O)CN1. The van der Waals surface area contributed by atoms with E-state index in [1.165, 1.54) is 12.1 Å². The molecule has 1 saturated heterocycles. The van der Waals surface area contributed by atoms with Crippen molar-refractivity contribution in [2.45, 2.75) is 31.9 Å². The lowest BCUT2D eigenvalue weighted by atomic mass is 10.1. The highest BCUT2D eigenvalue weighted by Gasteiger charge is 2.27. The summed E-state index contributed by atoms with van der Waals surface area (Å²) in [7, 11) is 0. The Kier molecular flexibility index (Phi) is 4.50. The second-order valence-electron chi connectivity index (χ2n) is 4.96. The van der Waals surface area contributed by atoms with Gasteiger partial charge in [-0.25, -0.2) is 4.39 Å². The molecule has 104 valence electrons. The predicted molar refractivity (Wildman–Crippen MR) is 70.3 cm³/mol. The molecule has 1 fully saturated rings. The number of aliphatic hydroxyl groups excluding tert-OH is 1. The normalized spacial score (nSPS) is 22.5. The number of nitrogens with one attached hydrogen (secondary N) is 2. The highest BCUT2D eigenvalue weighted by Crippen LogP contribution is 2.10. The van der Waals surface area contributed by atoms with Crippen LogP contribution in [0.4, 0.5) is 4.39 Å². The van der Waals surface area contributed by atoms with Gasteiger partial charge in [-0.15, -0.1) is 0 Å². The molecule has 1 aromatic carbocycles. The molecule has 0 aliphatic carbocycles. The number of carbonyl (C=O) groups excluding carboxylic acids is 1. The van der Waals surface area contributed by atoms with Gasteiger partial charge in [0.1, 0.15) is 5.82 Å². The maximum absolute atomic E-state index is 12.9. The van der Waals surface area contributed by atoms with Gasteiger partial charge in [-0.05, 0) is 43.0 Å². The van der Waals surface area contributed by atoms with Gasteiger partial charge in [0.15, 0.2) is 0 Å². The summed E-state index contributed by atoms with van der Waals surface area (Å²) in [6.45, 7) is 2.84. The van der Waals surface area contributed by atoms with E-state index in [1.807, 2.05) is 6.92 Å². The fourth-order valence-corrected chi connectivity index (χ4v) is 2.30. The highest BCUT2D eigenvalue weighted by molar-refractivity contribution is 5.82. The van der Waals surface area contributed by atoms with Gasteiger partial charge in [0.2, 0.25) is 5.91 Å². The Balaban J connectivity index is 1.78. The van der Waals surface area contributed by atoms with Crippen LogP contribution in [0.1, 0.15) is 17.5 Å². The van der Waals surface area contributed by atoms with Crippen molar-refractivity contribution in [3.05, 3.63) is 35.1 Å². The van der Waals surface area contributed by atoms with Crippen LogP contribution < -0.4 is 10.6 Å². The second kappa shape index (κ2) is 6.12. The number of amides is 1. The van der Waals surface area contributed by atoms with Crippen LogP contribution in [0.3, 0.4) is 0 Å². The van der Waals surface area contributed by atoms with Crippen LogP contribution in [0.25, 0.3) is 0 Å². The molecule has 0 aromatic heterocycles. The molecule has 1 aliphatic heterocycles. The third kappa shape index (κ3) is 3.75. The molecule has 19 heavy (non-hydrogen) atoms. The Morgan fingerprint density at radius 2 is 2.37 bits per heavy atom. The van der Waals surface area contributed by atoms with Gasteiger partial charge < -0.3 is 15.7 Å². The van der Waals surface area contributed by atoms with Crippen LogP contribution in [0.2, 0.25) is 0 Å². The lowest BCUT2D eigenvalue weighted by molar-refractivity contribution is -0.122. The molecule has 0 bridgehead atoms. The third-order valence-corrected chi connectivity index (χ3v) is 3.42. The van der Waals surface area contributed by atoms with Crippen molar-refractivity contribution in [2.24, 2.45) is 0 Å². The average molecular weight is 266 g/mol. The first-order chi connectivity index (χ1) is 9.06. The minimum atomic E-state index is -0.435. The third-order valence-electron chi connectivity index (χ3n) is 3.42. The van der Waals surface area contributed by atoms with E-state index in [0.717, 1.165) is 11.1 Å². The van der Waals surface area contributed by atoms with Crippen molar-refractivity contribution in [2.75, 3.05) is 13.1 Å². The average Bonchev–Trinajstić information content (AvgIpc) is 2.78. The summed E-state index contributed by atoms with van der Waals surface area (Å²) in [4.78, 5) is 11.8. The fourth-order valence-electron chi connectivity index (χ4n) is 2.30. The summed E-state index contributed by atoms with van der Waals surface area (Å²) in [5.74, 6) is -0.328. The molecular formula is C14H19FN2O2. The quantitative estimate of drug-likeness (QED) is 0.744. The second-order valence-corrected chi connectivity index (χ2v) is 4.96. The number of aliphatic hydroxyl groups is 1. The summed E-state index contributed by atoms with van der Waals surface area (Å²) in [5.41, 5.74) is 1.92. The molecule has 2 rings (SSSR count). The van der Waals surface area contributed by atoms with Crippen LogP contribution in [-0.4, -0.2) is 36.2 Å². The number of rotatable bonds is 4. The van der Waals surface area contributed by atoms with Crippen LogP contribution in [0, 0.1) is 12.7 Å². The number of benzene rings is 1. The number of hydrogen-bond donors (Lipinski definition) is 3. The summed E-state index contributed by atoms with van der Waals surface area (Å²) >= 11 is 0. The van der Waals surface area contributed by atoms with Crippen molar-refractivity contribution < 1.29 is 14.3 Å². The fraction of sp³-hybridized carbons (Fsp3) is 0.500. The van der Waals surface area contributed by atoms with E-state index in [2.05, 4.69) is 10.6 Å². The summed E-state index contributed by atoms with van der Waals surface area (Å²) in [5, 5.41) is 15.1. The molecule has 0 saturated carbocycles. The van der Waals surface area contributed by atoms with Gasteiger partial charge in [0, 0.05) is 13.1 Å². The molecule has 2 atom stereocenters. The van der Waals surface area contributed by atoms with E-state index in [-0.39, 0.29) is 17.8 Å². The number of β-amino-alcohol motifs (C(OH)–C–C–N with tert-alkyl or cyclic N) is 1. The lowest BCUT2D eigenvalue weighted by Crippen LogP contribution is -2.41. The van der Waals surface area contributed by atoms with Gasteiger partial charge in [-0.1, -0.05) is 6.07 Å². The van der Waals surface area contributed by atoms with Crippen molar-refractivity contribution >= 4 is 5.91 Å². The van der Waals surface area contributed by atoms with Crippen LogP contribution in [0.5, 0.6) is 0 Å². The molecule has 4 nitrogen and oxygen atoms in total. The number of hydrogen-bond acceptors (Lipinski definition) is 3. The Hall–Kier alpha value is -1.46. The minimum absolute atomic E-state index is 0.0867. The standard InChI is InChI=1S/C14H19FN2O2/c1-9-6-11(15)3-2-10(9)4-5-16-14(19)13-7-12(18)8-17-13/h2-3,6,12-13,17-18H,4-5,7-8H2,1H3,(H,16,19)/t12-,13-/m1/s1. The van der Waals surface area contributed by atoms with E-state index >= 15 is 0 Å². The minimum Gasteiger partial charge on any atom is -0.392 e. The smallest absolute Gasteiger partial charge is 0.237 e. The summed E-state index contributed by atoms with van der Waals surface area (Å²) in [6, 6.07) is 4.36. The van der Waals surface area contributed by atoms with Gasteiger partial charge in [0.25, 0.3) is 0 Å². The maximum Gasteiger partial charge on any atom is 0.237 e. The Morgan fingerprint density at radius 1 is 1.58 bits per heavy atom.